The van der Waals surface area contributed by atoms with Crippen LogP contribution >= 0.6 is 11.6 Å². The highest BCUT2D eigenvalue weighted by molar-refractivity contribution is 6.30. The predicted octanol–water partition coefficient (Wildman–Crippen LogP) is 4.64. The van der Waals surface area contributed by atoms with Gasteiger partial charge in [0.05, 0.1) is 0 Å². The Bertz CT molecular complexity index is 608. The van der Waals surface area contributed by atoms with E-state index in [0.717, 1.165) is 29.0 Å². The van der Waals surface area contributed by atoms with E-state index in [2.05, 4.69) is 19.9 Å². The van der Waals surface area contributed by atoms with Gasteiger partial charge in [-0.3, -0.25) is 0 Å². The van der Waals surface area contributed by atoms with Gasteiger partial charge in [0.2, 0.25) is 0 Å². The lowest BCUT2D eigenvalue weighted by molar-refractivity contribution is 0.470. The third-order valence-corrected chi connectivity index (χ3v) is 3.57. The zero-order valence-electron chi connectivity index (χ0n) is 12.1. The quantitative estimate of drug-likeness (QED) is 0.890. The van der Waals surface area contributed by atoms with Gasteiger partial charge in [-0.25, -0.2) is 0 Å². The summed E-state index contributed by atoms with van der Waals surface area (Å²) in [6.45, 7) is 6.11. The van der Waals surface area contributed by atoms with Gasteiger partial charge in [-0.1, -0.05) is 23.7 Å². The van der Waals surface area contributed by atoms with Crippen LogP contribution in [0.3, 0.4) is 0 Å². The maximum atomic E-state index is 6.06. The fourth-order valence-corrected chi connectivity index (χ4v) is 2.30. The van der Waals surface area contributed by atoms with Crippen molar-refractivity contribution in [3.05, 3.63) is 58.1 Å². The number of halogens is 1. The Balaban J connectivity index is 2.35. The van der Waals surface area contributed by atoms with Crippen LogP contribution in [0.4, 0.5) is 0 Å². The van der Waals surface area contributed by atoms with Crippen molar-refractivity contribution in [1.29, 1.82) is 0 Å². The first-order chi connectivity index (χ1) is 9.47. The Morgan fingerprint density at radius 1 is 1.15 bits per heavy atom. The molecule has 0 saturated heterocycles. The highest BCUT2D eigenvalue weighted by Gasteiger charge is 2.10. The van der Waals surface area contributed by atoms with Crippen molar-refractivity contribution in [3.63, 3.8) is 0 Å². The number of benzene rings is 2. The van der Waals surface area contributed by atoms with E-state index < -0.39 is 0 Å². The monoisotopic (exact) mass is 289 g/mol. The van der Waals surface area contributed by atoms with Gasteiger partial charge in [0, 0.05) is 11.1 Å². The second-order valence-electron chi connectivity index (χ2n) is 5.23. The minimum atomic E-state index is 0.0643. The predicted molar refractivity (Wildman–Crippen MR) is 84.8 cm³/mol. The van der Waals surface area contributed by atoms with Gasteiger partial charge >= 0.3 is 0 Å². The molecule has 2 aromatic rings. The number of nitrogens with two attached hydrogens (primary N) is 1. The number of aryl methyl sites for hydroxylation is 1. The summed E-state index contributed by atoms with van der Waals surface area (Å²) in [4.78, 5) is 0. The average molecular weight is 290 g/mol. The summed E-state index contributed by atoms with van der Waals surface area (Å²) in [5.74, 6) is 1.69. The van der Waals surface area contributed by atoms with Gasteiger partial charge in [0.25, 0.3) is 0 Å². The molecule has 0 aliphatic carbocycles. The lowest BCUT2D eigenvalue weighted by Crippen LogP contribution is -2.18. The van der Waals surface area contributed by atoms with Gasteiger partial charge < -0.3 is 10.5 Å². The summed E-state index contributed by atoms with van der Waals surface area (Å²) in [5.41, 5.74) is 9.29. The number of hydrogen-bond donors (Lipinski definition) is 1. The molecule has 1 atom stereocenters. The lowest BCUT2D eigenvalue weighted by Gasteiger charge is -2.15. The van der Waals surface area contributed by atoms with Crippen LogP contribution in [0.2, 0.25) is 5.02 Å². The molecule has 2 rings (SSSR count). The van der Waals surface area contributed by atoms with Crippen LogP contribution in [-0.4, -0.2) is 6.04 Å². The fraction of sp³-hybridized carbons (Fsp3) is 0.294. The normalized spacial score (nSPS) is 12.2. The Hall–Kier alpha value is -1.51. The maximum absolute atomic E-state index is 6.06. The highest BCUT2D eigenvalue weighted by Crippen LogP contribution is 2.31. The maximum Gasteiger partial charge on any atom is 0.130 e. The molecule has 0 amide bonds. The largest absolute Gasteiger partial charge is 0.457 e. The van der Waals surface area contributed by atoms with Crippen molar-refractivity contribution in [1.82, 2.24) is 0 Å². The van der Waals surface area contributed by atoms with Crippen LogP contribution in [0.15, 0.2) is 36.4 Å². The molecule has 0 spiro atoms. The molecule has 2 nitrogen and oxygen atoms in total. The summed E-state index contributed by atoms with van der Waals surface area (Å²) in [6.07, 6.45) is 0.737. The van der Waals surface area contributed by atoms with Crippen LogP contribution in [0.1, 0.15) is 23.6 Å². The van der Waals surface area contributed by atoms with Crippen molar-refractivity contribution in [2.24, 2.45) is 5.73 Å². The van der Waals surface area contributed by atoms with E-state index in [9.17, 15) is 0 Å². The standard InChI is InChI=1S/C17H20ClNO/c1-11-5-4-6-16(13(11)3)20-17-8-7-15(18)10-14(17)9-12(2)19/h4-8,10,12H,9,19H2,1-3H3. The molecule has 0 bridgehead atoms. The van der Waals surface area contributed by atoms with Crippen LogP contribution in [0, 0.1) is 13.8 Å². The van der Waals surface area contributed by atoms with Crippen molar-refractivity contribution >= 4 is 11.6 Å². The summed E-state index contributed by atoms with van der Waals surface area (Å²) in [7, 11) is 0. The number of rotatable bonds is 4. The molecule has 2 aromatic carbocycles. The molecule has 20 heavy (non-hydrogen) atoms. The highest BCUT2D eigenvalue weighted by atomic mass is 35.5. The molecule has 0 fully saturated rings. The minimum Gasteiger partial charge on any atom is -0.457 e. The van der Waals surface area contributed by atoms with Gasteiger partial charge in [0.15, 0.2) is 0 Å². The third kappa shape index (κ3) is 3.53. The molecule has 0 aliphatic rings. The average Bonchev–Trinajstić information content (AvgIpc) is 2.37. The van der Waals surface area contributed by atoms with Crippen molar-refractivity contribution < 1.29 is 4.74 Å². The number of hydrogen-bond acceptors (Lipinski definition) is 2. The first-order valence-electron chi connectivity index (χ1n) is 6.75. The Morgan fingerprint density at radius 2 is 1.90 bits per heavy atom. The van der Waals surface area contributed by atoms with E-state index >= 15 is 0 Å². The first kappa shape index (κ1) is 14.9. The van der Waals surface area contributed by atoms with E-state index in [1.54, 1.807) is 0 Å². The Morgan fingerprint density at radius 3 is 2.60 bits per heavy atom. The van der Waals surface area contributed by atoms with Gasteiger partial charge in [0.1, 0.15) is 11.5 Å². The topological polar surface area (TPSA) is 35.2 Å². The number of ether oxygens (including phenoxy) is 1. The van der Waals surface area contributed by atoms with Gasteiger partial charge in [-0.15, -0.1) is 0 Å². The Kier molecular flexibility index (Phi) is 4.69. The molecule has 1 unspecified atom stereocenters. The van der Waals surface area contributed by atoms with E-state index in [0.29, 0.717) is 5.02 Å². The first-order valence-corrected chi connectivity index (χ1v) is 7.13. The van der Waals surface area contributed by atoms with Gasteiger partial charge in [-0.2, -0.15) is 0 Å². The smallest absolute Gasteiger partial charge is 0.130 e. The van der Waals surface area contributed by atoms with Crippen LogP contribution in [0.25, 0.3) is 0 Å². The summed E-state index contributed by atoms with van der Waals surface area (Å²) < 4.78 is 6.06. The lowest BCUT2D eigenvalue weighted by atomic mass is 10.1. The molecular formula is C17H20ClNO. The van der Waals surface area contributed by atoms with E-state index in [-0.39, 0.29) is 6.04 Å². The molecule has 0 aliphatic heterocycles. The molecule has 0 aromatic heterocycles. The van der Waals surface area contributed by atoms with Crippen molar-refractivity contribution in [2.75, 3.05) is 0 Å². The van der Waals surface area contributed by atoms with Crippen molar-refractivity contribution in [3.8, 4) is 11.5 Å². The summed E-state index contributed by atoms with van der Waals surface area (Å²) in [5, 5.41) is 0.703. The molecule has 106 valence electrons. The van der Waals surface area contributed by atoms with E-state index in [1.807, 2.05) is 37.3 Å². The summed E-state index contributed by atoms with van der Waals surface area (Å²) >= 11 is 6.06. The molecular weight excluding hydrogens is 270 g/mol. The zero-order chi connectivity index (χ0) is 14.7. The Labute approximate surface area is 125 Å². The van der Waals surface area contributed by atoms with E-state index in [4.69, 9.17) is 22.1 Å². The third-order valence-electron chi connectivity index (χ3n) is 3.34. The van der Waals surface area contributed by atoms with Gasteiger partial charge in [-0.05, 0) is 68.1 Å². The summed E-state index contributed by atoms with van der Waals surface area (Å²) in [6, 6.07) is 11.8. The van der Waals surface area contributed by atoms with E-state index in [1.165, 1.54) is 5.56 Å². The second kappa shape index (κ2) is 6.29. The van der Waals surface area contributed by atoms with Crippen LogP contribution in [-0.2, 0) is 6.42 Å². The second-order valence-corrected chi connectivity index (χ2v) is 5.67. The molecule has 0 radical (unpaired) electrons. The van der Waals surface area contributed by atoms with Crippen molar-refractivity contribution in [2.45, 2.75) is 33.2 Å². The van der Waals surface area contributed by atoms with Crippen LogP contribution in [0.5, 0.6) is 11.5 Å². The molecule has 2 N–H and O–H groups in total. The SMILES string of the molecule is Cc1cccc(Oc2ccc(Cl)cc2CC(C)N)c1C. The molecule has 3 heteroatoms. The minimum absolute atomic E-state index is 0.0643. The molecule has 0 heterocycles. The fourth-order valence-electron chi connectivity index (χ4n) is 2.11. The molecule has 0 saturated carbocycles. The van der Waals surface area contributed by atoms with Crippen LogP contribution < -0.4 is 10.5 Å². The zero-order valence-corrected chi connectivity index (χ0v) is 12.9.